The summed E-state index contributed by atoms with van der Waals surface area (Å²) in [5.41, 5.74) is 3.79. The molecule has 0 spiro atoms. The fourth-order valence-electron chi connectivity index (χ4n) is 3.99. The molecular formula is C28H25F2N3O3. The highest BCUT2D eigenvalue weighted by Crippen LogP contribution is 2.27. The zero-order valence-corrected chi connectivity index (χ0v) is 19.7. The van der Waals surface area contributed by atoms with Crippen LogP contribution in [0, 0.1) is 11.6 Å². The summed E-state index contributed by atoms with van der Waals surface area (Å²) in [4.78, 5) is 32.8. The number of hydrogen-bond acceptors (Lipinski definition) is 4. The zero-order chi connectivity index (χ0) is 25.7. The van der Waals surface area contributed by atoms with E-state index in [2.05, 4.69) is 15.3 Å². The lowest BCUT2D eigenvalue weighted by Gasteiger charge is -2.15. The van der Waals surface area contributed by atoms with Crippen molar-refractivity contribution in [3.63, 3.8) is 0 Å². The van der Waals surface area contributed by atoms with Gasteiger partial charge in [0, 0.05) is 23.6 Å². The number of aliphatic carboxylic acids is 1. The Bertz CT molecular complexity index is 1390. The third-order valence-corrected chi connectivity index (χ3v) is 5.93. The number of fused-ring (bicyclic) bond motifs is 1. The molecule has 2 aromatic heterocycles. The second kappa shape index (κ2) is 11.0. The van der Waals surface area contributed by atoms with E-state index in [1.165, 1.54) is 30.5 Å². The third kappa shape index (κ3) is 6.07. The van der Waals surface area contributed by atoms with Crippen molar-refractivity contribution in [1.29, 1.82) is 0 Å². The van der Waals surface area contributed by atoms with Gasteiger partial charge in [0.25, 0.3) is 5.91 Å². The number of aromatic nitrogens is 2. The molecule has 0 saturated carbocycles. The second-order valence-corrected chi connectivity index (χ2v) is 8.62. The molecule has 184 valence electrons. The van der Waals surface area contributed by atoms with Gasteiger partial charge in [-0.2, -0.15) is 0 Å². The number of nitrogens with one attached hydrogen (secondary N) is 1. The number of halogens is 2. The lowest BCUT2D eigenvalue weighted by atomic mass is 9.99. The minimum atomic E-state index is -0.847. The monoisotopic (exact) mass is 489 g/mol. The van der Waals surface area contributed by atoms with Crippen LogP contribution in [0.5, 0.6) is 0 Å². The van der Waals surface area contributed by atoms with Crippen LogP contribution in [-0.4, -0.2) is 27.0 Å². The van der Waals surface area contributed by atoms with Gasteiger partial charge in [-0.15, -0.1) is 0 Å². The van der Waals surface area contributed by atoms with Crippen LogP contribution in [0.25, 0.3) is 22.3 Å². The van der Waals surface area contributed by atoms with Crippen LogP contribution >= 0.6 is 0 Å². The minimum absolute atomic E-state index is 0.0744. The zero-order valence-electron chi connectivity index (χ0n) is 19.7. The SMILES string of the molecule is C[C@H](NC(=O)c1cnc2nc(-c3ccc(F)cc3)c(CCCCC(=O)O)cc2c1)c1ccc(F)cc1. The summed E-state index contributed by atoms with van der Waals surface area (Å²) < 4.78 is 26.7. The first kappa shape index (κ1) is 24.9. The molecule has 1 amide bonds. The highest BCUT2D eigenvalue weighted by Gasteiger charge is 2.15. The van der Waals surface area contributed by atoms with E-state index in [1.54, 1.807) is 30.3 Å². The van der Waals surface area contributed by atoms with Gasteiger partial charge in [0.1, 0.15) is 11.6 Å². The first-order valence-electron chi connectivity index (χ1n) is 11.6. The van der Waals surface area contributed by atoms with Crippen LogP contribution in [0.1, 0.15) is 53.7 Å². The molecule has 36 heavy (non-hydrogen) atoms. The Morgan fingerprint density at radius 3 is 2.31 bits per heavy atom. The predicted octanol–water partition coefficient (Wildman–Crippen LogP) is 5.86. The number of hydrogen-bond donors (Lipinski definition) is 2. The number of carbonyl (C=O) groups excluding carboxylic acids is 1. The summed E-state index contributed by atoms with van der Waals surface area (Å²) in [5, 5.41) is 12.5. The summed E-state index contributed by atoms with van der Waals surface area (Å²) in [5.74, 6) is -1.87. The van der Waals surface area contributed by atoms with Gasteiger partial charge >= 0.3 is 5.97 Å². The average molecular weight is 490 g/mol. The summed E-state index contributed by atoms with van der Waals surface area (Å²) in [6.45, 7) is 1.81. The smallest absolute Gasteiger partial charge is 0.303 e. The van der Waals surface area contributed by atoms with Crippen molar-refractivity contribution in [2.45, 2.75) is 38.6 Å². The second-order valence-electron chi connectivity index (χ2n) is 8.62. The fourth-order valence-corrected chi connectivity index (χ4v) is 3.99. The van der Waals surface area contributed by atoms with E-state index in [0.717, 1.165) is 16.7 Å². The minimum Gasteiger partial charge on any atom is -0.481 e. The van der Waals surface area contributed by atoms with Crippen molar-refractivity contribution in [2.24, 2.45) is 0 Å². The molecule has 8 heteroatoms. The van der Waals surface area contributed by atoms with E-state index in [0.29, 0.717) is 41.6 Å². The Morgan fingerprint density at radius 2 is 1.64 bits per heavy atom. The number of amides is 1. The van der Waals surface area contributed by atoms with Gasteiger partial charge in [-0.25, -0.2) is 18.7 Å². The van der Waals surface area contributed by atoms with Crippen LogP contribution in [-0.2, 0) is 11.2 Å². The van der Waals surface area contributed by atoms with E-state index >= 15 is 0 Å². The molecule has 0 aliphatic rings. The Labute approximate surface area is 207 Å². The van der Waals surface area contributed by atoms with Crippen molar-refractivity contribution in [3.05, 3.63) is 95.2 Å². The summed E-state index contributed by atoms with van der Waals surface area (Å²) in [6.07, 6.45) is 3.24. The Morgan fingerprint density at radius 1 is 0.972 bits per heavy atom. The lowest BCUT2D eigenvalue weighted by Crippen LogP contribution is -2.26. The van der Waals surface area contributed by atoms with Gasteiger partial charge in [-0.1, -0.05) is 12.1 Å². The van der Waals surface area contributed by atoms with Crippen LogP contribution in [0.3, 0.4) is 0 Å². The number of carboxylic acids is 1. The Kier molecular flexibility index (Phi) is 7.63. The molecule has 4 aromatic rings. The number of pyridine rings is 2. The number of benzene rings is 2. The quantitative estimate of drug-likeness (QED) is 0.287. The number of carbonyl (C=O) groups is 2. The molecule has 2 aromatic carbocycles. The predicted molar refractivity (Wildman–Crippen MR) is 132 cm³/mol. The molecule has 0 unspecified atom stereocenters. The lowest BCUT2D eigenvalue weighted by molar-refractivity contribution is -0.137. The van der Waals surface area contributed by atoms with Crippen molar-refractivity contribution in [3.8, 4) is 11.3 Å². The number of rotatable bonds is 9. The maximum atomic E-state index is 13.5. The molecular weight excluding hydrogens is 464 g/mol. The summed E-state index contributed by atoms with van der Waals surface area (Å²) in [7, 11) is 0. The molecule has 2 heterocycles. The fraction of sp³-hybridized carbons (Fsp3) is 0.214. The van der Waals surface area contributed by atoms with Crippen LogP contribution in [0.2, 0.25) is 0 Å². The highest BCUT2D eigenvalue weighted by atomic mass is 19.1. The third-order valence-electron chi connectivity index (χ3n) is 5.93. The molecule has 2 N–H and O–H groups in total. The maximum absolute atomic E-state index is 13.5. The molecule has 0 radical (unpaired) electrons. The van der Waals surface area contributed by atoms with Gasteiger partial charge in [0.2, 0.25) is 0 Å². The van der Waals surface area contributed by atoms with Gasteiger partial charge in [-0.3, -0.25) is 9.59 Å². The molecule has 0 saturated heterocycles. The van der Waals surface area contributed by atoms with E-state index in [9.17, 15) is 18.4 Å². The number of nitrogens with zero attached hydrogens (tertiary/aromatic N) is 2. The van der Waals surface area contributed by atoms with Gasteiger partial charge in [0.05, 0.1) is 17.3 Å². The first-order valence-corrected chi connectivity index (χ1v) is 11.6. The van der Waals surface area contributed by atoms with Crippen molar-refractivity contribution >= 4 is 22.9 Å². The molecule has 0 fully saturated rings. The average Bonchev–Trinajstić information content (AvgIpc) is 2.86. The molecule has 1 atom stereocenters. The van der Waals surface area contributed by atoms with Crippen molar-refractivity contribution < 1.29 is 23.5 Å². The van der Waals surface area contributed by atoms with Crippen LogP contribution in [0.15, 0.2) is 66.9 Å². The standard InChI is InChI=1S/C28H25F2N3O3/c1-17(18-6-10-23(29)11-7-18)32-28(36)22-15-21-14-20(4-2-3-5-25(34)35)26(33-27(21)31-16-22)19-8-12-24(30)13-9-19/h6-17H,2-5H2,1H3,(H,32,36)(H,34,35)/t17-/m0/s1. The first-order chi connectivity index (χ1) is 17.3. The Balaban J connectivity index is 1.62. The van der Waals surface area contributed by atoms with E-state index in [4.69, 9.17) is 5.11 Å². The Hall–Kier alpha value is -4.20. The highest BCUT2D eigenvalue weighted by molar-refractivity contribution is 5.97. The number of unbranched alkanes of at least 4 members (excludes halogenated alkanes) is 1. The van der Waals surface area contributed by atoms with E-state index in [1.807, 2.05) is 13.0 Å². The molecule has 0 aliphatic heterocycles. The van der Waals surface area contributed by atoms with Crippen LogP contribution < -0.4 is 5.32 Å². The molecule has 0 aliphatic carbocycles. The van der Waals surface area contributed by atoms with E-state index < -0.39 is 5.97 Å². The van der Waals surface area contributed by atoms with Gasteiger partial charge in [-0.05, 0) is 85.8 Å². The van der Waals surface area contributed by atoms with Gasteiger partial charge < -0.3 is 10.4 Å². The normalized spacial score (nSPS) is 11.9. The molecule has 6 nitrogen and oxygen atoms in total. The van der Waals surface area contributed by atoms with E-state index in [-0.39, 0.29) is 30.0 Å². The summed E-state index contributed by atoms with van der Waals surface area (Å²) >= 11 is 0. The van der Waals surface area contributed by atoms with Crippen molar-refractivity contribution in [2.75, 3.05) is 0 Å². The molecule has 4 rings (SSSR count). The summed E-state index contributed by atoms with van der Waals surface area (Å²) in [6, 6.07) is 15.2. The molecule has 0 bridgehead atoms. The van der Waals surface area contributed by atoms with Crippen molar-refractivity contribution in [1.82, 2.24) is 15.3 Å². The maximum Gasteiger partial charge on any atom is 0.303 e. The number of carboxylic acid groups (broad SMARTS) is 1. The van der Waals surface area contributed by atoms with Crippen LogP contribution in [0.4, 0.5) is 8.78 Å². The van der Waals surface area contributed by atoms with Gasteiger partial charge in [0.15, 0.2) is 5.65 Å². The number of aryl methyl sites for hydroxylation is 1. The topological polar surface area (TPSA) is 92.2 Å². The largest absolute Gasteiger partial charge is 0.481 e.